The Balaban J connectivity index is 2.42. The summed E-state index contributed by atoms with van der Waals surface area (Å²) < 4.78 is 0. The Morgan fingerprint density at radius 2 is 1.94 bits per heavy atom. The van der Waals surface area contributed by atoms with Gasteiger partial charge in [0, 0.05) is 13.5 Å². The van der Waals surface area contributed by atoms with Crippen molar-refractivity contribution in [1.82, 2.24) is 5.06 Å². The van der Waals surface area contributed by atoms with Gasteiger partial charge in [0.05, 0.1) is 7.11 Å². The van der Waals surface area contributed by atoms with Gasteiger partial charge in [-0.1, -0.05) is 37.3 Å². The first-order valence-corrected chi connectivity index (χ1v) is 5.29. The lowest BCUT2D eigenvalue weighted by Gasteiger charge is -2.16. The zero-order chi connectivity index (χ0) is 12.0. The third-order valence-corrected chi connectivity index (χ3v) is 2.43. The average molecular weight is 220 g/mol. The summed E-state index contributed by atoms with van der Waals surface area (Å²) in [5.41, 5.74) is 1.23. The molecule has 0 atom stereocenters. The molecular formula is C13H18NO2. The Labute approximate surface area is 97.0 Å². The Kier molecular flexibility index (Phi) is 4.99. The van der Waals surface area contributed by atoms with Gasteiger partial charge < -0.3 is 0 Å². The lowest BCUT2D eigenvalue weighted by molar-refractivity contribution is -0.168. The Morgan fingerprint density at radius 3 is 2.50 bits per heavy atom. The highest BCUT2D eigenvalue weighted by molar-refractivity contribution is 5.76. The summed E-state index contributed by atoms with van der Waals surface area (Å²) >= 11 is 0. The van der Waals surface area contributed by atoms with Crippen molar-refractivity contribution >= 4 is 5.91 Å². The standard InChI is InChI=1S/C13H18NO2/c1-11(10-13(15)14(2)16-3)9-12-7-5-4-6-8-12/h4-8H,9-10H2,1-3H3. The van der Waals surface area contributed by atoms with Crippen LogP contribution < -0.4 is 0 Å². The smallest absolute Gasteiger partial charge is 0.246 e. The van der Waals surface area contributed by atoms with Crippen LogP contribution in [0.5, 0.6) is 0 Å². The monoisotopic (exact) mass is 220 g/mol. The molecular weight excluding hydrogens is 202 g/mol. The quantitative estimate of drug-likeness (QED) is 0.712. The minimum absolute atomic E-state index is 0.0177. The maximum atomic E-state index is 11.6. The first kappa shape index (κ1) is 12.7. The van der Waals surface area contributed by atoms with E-state index in [2.05, 4.69) is 12.1 Å². The molecule has 0 N–H and O–H groups in total. The van der Waals surface area contributed by atoms with Gasteiger partial charge in [0.1, 0.15) is 0 Å². The molecule has 0 bridgehead atoms. The Morgan fingerprint density at radius 1 is 1.31 bits per heavy atom. The summed E-state index contributed by atoms with van der Waals surface area (Å²) in [4.78, 5) is 16.4. The number of hydrogen-bond donors (Lipinski definition) is 0. The van der Waals surface area contributed by atoms with Crippen molar-refractivity contribution in [2.75, 3.05) is 14.2 Å². The number of carbonyl (C=O) groups is 1. The molecule has 3 heteroatoms. The molecule has 1 rings (SSSR count). The molecule has 1 radical (unpaired) electrons. The molecule has 0 fully saturated rings. The van der Waals surface area contributed by atoms with Crippen LogP contribution in [0.3, 0.4) is 0 Å². The van der Waals surface area contributed by atoms with Gasteiger partial charge in [0.15, 0.2) is 0 Å². The first-order chi connectivity index (χ1) is 7.63. The van der Waals surface area contributed by atoms with Crippen LogP contribution in [0.2, 0.25) is 0 Å². The number of hydrogen-bond acceptors (Lipinski definition) is 2. The minimum Gasteiger partial charge on any atom is -0.275 e. The van der Waals surface area contributed by atoms with Crippen molar-refractivity contribution in [1.29, 1.82) is 0 Å². The fourth-order valence-electron chi connectivity index (χ4n) is 1.48. The van der Waals surface area contributed by atoms with Crippen LogP contribution in [0, 0.1) is 5.92 Å². The maximum Gasteiger partial charge on any atom is 0.246 e. The predicted molar refractivity (Wildman–Crippen MR) is 63.5 cm³/mol. The summed E-state index contributed by atoms with van der Waals surface area (Å²) in [6.07, 6.45) is 1.27. The van der Waals surface area contributed by atoms with E-state index in [0.717, 1.165) is 12.3 Å². The van der Waals surface area contributed by atoms with E-state index in [9.17, 15) is 4.79 Å². The number of nitrogens with zero attached hydrogens (tertiary/aromatic N) is 1. The Hall–Kier alpha value is -1.35. The van der Waals surface area contributed by atoms with Gasteiger partial charge in [0.25, 0.3) is 0 Å². The van der Waals surface area contributed by atoms with Gasteiger partial charge >= 0.3 is 0 Å². The number of benzene rings is 1. The second-order valence-corrected chi connectivity index (χ2v) is 3.87. The van der Waals surface area contributed by atoms with Crippen LogP contribution in [0.15, 0.2) is 30.3 Å². The van der Waals surface area contributed by atoms with E-state index in [1.807, 2.05) is 25.1 Å². The fraction of sp³-hybridized carbons (Fsp3) is 0.385. The number of rotatable bonds is 5. The molecule has 3 nitrogen and oxygen atoms in total. The van der Waals surface area contributed by atoms with Crippen molar-refractivity contribution < 1.29 is 9.63 Å². The number of hydroxylamine groups is 2. The molecule has 0 saturated heterocycles. The topological polar surface area (TPSA) is 29.5 Å². The second kappa shape index (κ2) is 6.28. The molecule has 0 saturated carbocycles. The molecule has 0 aromatic heterocycles. The molecule has 0 aliphatic heterocycles. The van der Waals surface area contributed by atoms with Gasteiger partial charge in [-0.15, -0.1) is 0 Å². The van der Waals surface area contributed by atoms with E-state index in [1.54, 1.807) is 7.05 Å². The highest BCUT2D eigenvalue weighted by Gasteiger charge is 2.13. The number of carbonyl (C=O) groups excluding carboxylic acids is 1. The zero-order valence-electron chi connectivity index (χ0n) is 10.1. The molecule has 1 aromatic rings. The van der Waals surface area contributed by atoms with Crippen molar-refractivity contribution in [3.05, 3.63) is 41.8 Å². The fourth-order valence-corrected chi connectivity index (χ4v) is 1.48. The van der Waals surface area contributed by atoms with Gasteiger partial charge in [0.2, 0.25) is 5.91 Å². The third-order valence-electron chi connectivity index (χ3n) is 2.43. The van der Waals surface area contributed by atoms with Crippen molar-refractivity contribution in [2.45, 2.75) is 19.8 Å². The van der Waals surface area contributed by atoms with Crippen LogP contribution in [-0.4, -0.2) is 25.1 Å². The molecule has 0 aliphatic rings. The molecule has 16 heavy (non-hydrogen) atoms. The molecule has 0 unspecified atom stereocenters. The lowest BCUT2D eigenvalue weighted by atomic mass is 9.98. The summed E-state index contributed by atoms with van der Waals surface area (Å²) in [6.45, 7) is 1.99. The van der Waals surface area contributed by atoms with E-state index in [-0.39, 0.29) is 5.91 Å². The van der Waals surface area contributed by atoms with Crippen LogP contribution in [0.4, 0.5) is 0 Å². The normalized spacial score (nSPS) is 10.5. The van der Waals surface area contributed by atoms with E-state index >= 15 is 0 Å². The molecule has 0 heterocycles. The van der Waals surface area contributed by atoms with Crippen molar-refractivity contribution in [2.24, 2.45) is 0 Å². The van der Waals surface area contributed by atoms with Crippen LogP contribution in [0.25, 0.3) is 0 Å². The average Bonchev–Trinajstić information content (AvgIpc) is 2.29. The van der Waals surface area contributed by atoms with Crippen LogP contribution in [-0.2, 0) is 16.1 Å². The highest BCUT2D eigenvalue weighted by Crippen LogP contribution is 2.14. The minimum atomic E-state index is -0.0177. The van der Waals surface area contributed by atoms with Gasteiger partial charge in [-0.05, 0) is 17.9 Å². The van der Waals surface area contributed by atoms with E-state index in [4.69, 9.17) is 4.84 Å². The zero-order valence-corrected chi connectivity index (χ0v) is 10.1. The van der Waals surface area contributed by atoms with E-state index in [1.165, 1.54) is 17.7 Å². The van der Waals surface area contributed by atoms with Gasteiger partial charge in [-0.25, -0.2) is 5.06 Å². The summed E-state index contributed by atoms with van der Waals surface area (Å²) in [6, 6.07) is 10.1. The summed E-state index contributed by atoms with van der Waals surface area (Å²) in [5, 5.41) is 1.26. The van der Waals surface area contributed by atoms with Crippen molar-refractivity contribution in [3.63, 3.8) is 0 Å². The largest absolute Gasteiger partial charge is 0.275 e. The second-order valence-electron chi connectivity index (χ2n) is 3.87. The van der Waals surface area contributed by atoms with Crippen molar-refractivity contribution in [3.8, 4) is 0 Å². The third kappa shape index (κ3) is 4.03. The molecule has 0 aliphatic carbocycles. The van der Waals surface area contributed by atoms with E-state index in [0.29, 0.717) is 6.42 Å². The summed E-state index contributed by atoms with van der Waals surface area (Å²) in [7, 11) is 3.11. The maximum absolute atomic E-state index is 11.6. The van der Waals surface area contributed by atoms with Gasteiger partial charge in [-0.2, -0.15) is 0 Å². The molecule has 1 aromatic carbocycles. The molecule has 87 valence electrons. The number of amides is 1. The van der Waals surface area contributed by atoms with Crippen LogP contribution >= 0.6 is 0 Å². The van der Waals surface area contributed by atoms with E-state index < -0.39 is 0 Å². The molecule has 0 spiro atoms. The predicted octanol–water partition coefficient (Wildman–Crippen LogP) is 2.23. The lowest BCUT2D eigenvalue weighted by Crippen LogP contribution is -2.26. The molecule has 1 amide bonds. The summed E-state index contributed by atoms with van der Waals surface area (Å²) in [5.74, 6) is 1.12. The Bertz CT molecular complexity index is 324. The SMILES string of the molecule is CON(C)C(=O)C[C](C)Cc1ccccc1. The first-order valence-electron chi connectivity index (χ1n) is 5.29. The van der Waals surface area contributed by atoms with Gasteiger partial charge in [-0.3, -0.25) is 9.63 Å². The van der Waals surface area contributed by atoms with Crippen LogP contribution in [0.1, 0.15) is 18.9 Å². The highest BCUT2D eigenvalue weighted by atomic mass is 16.7.